The van der Waals surface area contributed by atoms with Crippen LogP contribution in [-0.2, 0) is 6.54 Å². The zero-order chi connectivity index (χ0) is 15.5. The van der Waals surface area contributed by atoms with Gasteiger partial charge in [0.25, 0.3) is 5.91 Å². The number of nitrogens with zero attached hydrogens (tertiary/aromatic N) is 1. The van der Waals surface area contributed by atoms with Crippen LogP contribution in [-0.4, -0.2) is 10.9 Å². The van der Waals surface area contributed by atoms with Gasteiger partial charge in [0.15, 0.2) is 0 Å². The van der Waals surface area contributed by atoms with E-state index in [-0.39, 0.29) is 12.5 Å². The normalized spacial score (nSPS) is 10.6. The smallest absolute Gasteiger partial charge is 0.251 e. The fourth-order valence-corrected chi connectivity index (χ4v) is 3.04. The standard InChI is InChI=1S/C15H10Cl2N2O2S/c16-10-4-9(5-11(17)6-10)14(20)18-7-12-8-21-15(19-12)13-2-1-3-22-13/h1-6,8H,7H2,(H,18,20). The van der Waals surface area contributed by atoms with E-state index >= 15 is 0 Å². The number of halogens is 2. The second-order valence-corrected chi connectivity index (χ2v) is 6.28. The van der Waals surface area contributed by atoms with Gasteiger partial charge in [-0.15, -0.1) is 11.3 Å². The summed E-state index contributed by atoms with van der Waals surface area (Å²) in [5.74, 6) is 0.273. The van der Waals surface area contributed by atoms with Gasteiger partial charge in [-0.05, 0) is 29.6 Å². The molecule has 1 amide bonds. The Hall–Kier alpha value is -1.82. The molecule has 4 nitrogen and oxygen atoms in total. The lowest BCUT2D eigenvalue weighted by Crippen LogP contribution is -2.22. The second-order valence-electron chi connectivity index (χ2n) is 4.46. The monoisotopic (exact) mass is 352 g/mol. The molecule has 3 aromatic rings. The Morgan fingerprint density at radius 1 is 1.27 bits per heavy atom. The molecule has 0 radical (unpaired) electrons. The first-order valence-electron chi connectivity index (χ1n) is 6.34. The van der Waals surface area contributed by atoms with Crippen LogP contribution in [0.3, 0.4) is 0 Å². The van der Waals surface area contributed by atoms with Crippen LogP contribution in [0.4, 0.5) is 0 Å². The predicted molar refractivity (Wildman–Crippen MR) is 87.4 cm³/mol. The van der Waals surface area contributed by atoms with Crippen molar-refractivity contribution in [2.45, 2.75) is 6.54 Å². The molecular weight excluding hydrogens is 343 g/mol. The fourth-order valence-electron chi connectivity index (χ4n) is 1.86. The van der Waals surface area contributed by atoms with Gasteiger partial charge in [0.1, 0.15) is 6.26 Å². The lowest BCUT2D eigenvalue weighted by atomic mass is 10.2. The fraction of sp³-hybridized carbons (Fsp3) is 0.0667. The number of oxazole rings is 1. The summed E-state index contributed by atoms with van der Waals surface area (Å²) in [6.45, 7) is 0.262. The Labute approximate surface area is 140 Å². The molecular formula is C15H10Cl2N2O2S. The quantitative estimate of drug-likeness (QED) is 0.743. The molecule has 1 aromatic carbocycles. The van der Waals surface area contributed by atoms with Crippen molar-refractivity contribution in [3.05, 3.63) is 63.3 Å². The van der Waals surface area contributed by atoms with Crippen LogP contribution in [0.25, 0.3) is 10.8 Å². The Balaban J connectivity index is 1.66. The van der Waals surface area contributed by atoms with Gasteiger partial charge >= 0.3 is 0 Å². The zero-order valence-corrected chi connectivity index (χ0v) is 13.5. The molecule has 0 aliphatic heterocycles. The summed E-state index contributed by atoms with van der Waals surface area (Å²) < 4.78 is 5.39. The first-order valence-corrected chi connectivity index (χ1v) is 7.98. The molecule has 112 valence electrons. The largest absolute Gasteiger partial charge is 0.443 e. The summed E-state index contributed by atoms with van der Waals surface area (Å²) in [6, 6.07) is 8.54. The Morgan fingerprint density at radius 2 is 2.05 bits per heavy atom. The number of rotatable bonds is 4. The maximum Gasteiger partial charge on any atom is 0.251 e. The SMILES string of the molecule is O=C(NCc1coc(-c2cccs2)n1)c1cc(Cl)cc(Cl)c1. The second kappa shape index (κ2) is 6.52. The molecule has 0 atom stereocenters. The average molecular weight is 353 g/mol. The summed E-state index contributed by atoms with van der Waals surface area (Å²) >= 11 is 13.3. The van der Waals surface area contributed by atoms with E-state index in [0.717, 1.165) is 4.88 Å². The van der Waals surface area contributed by atoms with Gasteiger partial charge in [0.2, 0.25) is 5.89 Å². The van der Waals surface area contributed by atoms with Crippen molar-refractivity contribution in [3.63, 3.8) is 0 Å². The third-order valence-corrected chi connectivity index (χ3v) is 4.13. The van der Waals surface area contributed by atoms with Crippen molar-refractivity contribution >= 4 is 40.4 Å². The van der Waals surface area contributed by atoms with E-state index in [1.807, 2.05) is 17.5 Å². The first kappa shape index (κ1) is 15.1. The molecule has 0 spiro atoms. The minimum atomic E-state index is -0.273. The van der Waals surface area contributed by atoms with Gasteiger partial charge in [0.05, 0.1) is 17.1 Å². The Morgan fingerprint density at radius 3 is 2.73 bits per heavy atom. The van der Waals surface area contributed by atoms with Gasteiger partial charge in [-0.3, -0.25) is 4.79 Å². The molecule has 0 fully saturated rings. The van der Waals surface area contributed by atoms with Crippen molar-refractivity contribution in [2.75, 3.05) is 0 Å². The van der Waals surface area contributed by atoms with E-state index in [9.17, 15) is 4.79 Å². The van der Waals surface area contributed by atoms with Crippen LogP contribution in [0.15, 0.2) is 46.4 Å². The number of amides is 1. The van der Waals surface area contributed by atoms with Crippen LogP contribution in [0.1, 0.15) is 16.1 Å². The first-order chi connectivity index (χ1) is 10.6. The van der Waals surface area contributed by atoms with E-state index in [1.54, 1.807) is 29.5 Å². The van der Waals surface area contributed by atoms with Gasteiger partial charge in [-0.2, -0.15) is 0 Å². The lowest BCUT2D eigenvalue weighted by molar-refractivity contribution is 0.0950. The third-order valence-electron chi connectivity index (χ3n) is 2.84. The molecule has 22 heavy (non-hydrogen) atoms. The van der Waals surface area contributed by atoms with E-state index < -0.39 is 0 Å². The Kier molecular flexibility index (Phi) is 4.47. The molecule has 2 heterocycles. The molecule has 0 saturated carbocycles. The van der Waals surface area contributed by atoms with E-state index in [2.05, 4.69) is 10.3 Å². The molecule has 1 N–H and O–H groups in total. The molecule has 0 bridgehead atoms. The number of aromatic nitrogens is 1. The molecule has 0 aliphatic rings. The van der Waals surface area contributed by atoms with Crippen molar-refractivity contribution < 1.29 is 9.21 Å². The number of thiophene rings is 1. The van der Waals surface area contributed by atoms with Crippen molar-refractivity contribution in [3.8, 4) is 10.8 Å². The van der Waals surface area contributed by atoms with Crippen LogP contribution < -0.4 is 5.32 Å². The summed E-state index contributed by atoms with van der Waals surface area (Å²) in [4.78, 5) is 17.3. The van der Waals surface area contributed by atoms with E-state index in [0.29, 0.717) is 27.2 Å². The highest BCUT2D eigenvalue weighted by molar-refractivity contribution is 7.13. The van der Waals surface area contributed by atoms with E-state index in [4.69, 9.17) is 27.6 Å². The number of carbonyl (C=O) groups is 1. The minimum absolute atomic E-state index is 0.262. The Bertz CT molecular complexity index is 779. The van der Waals surface area contributed by atoms with Crippen molar-refractivity contribution in [2.24, 2.45) is 0 Å². The van der Waals surface area contributed by atoms with Gasteiger partial charge in [-0.25, -0.2) is 4.98 Å². The van der Waals surface area contributed by atoms with E-state index in [1.165, 1.54) is 6.26 Å². The predicted octanol–water partition coefficient (Wildman–Crippen LogP) is 4.64. The van der Waals surface area contributed by atoms with Gasteiger partial charge in [0, 0.05) is 15.6 Å². The zero-order valence-electron chi connectivity index (χ0n) is 11.2. The number of hydrogen-bond acceptors (Lipinski definition) is 4. The lowest BCUT2D eigenvalue weighted by Gasteiger charge is -2.04. The van der Waals surface area contributed by atoms with Crippen LogP contribution in [0.5, 0.6) is 0 Å². The summed E-state index contributed by atoms with van der Waals surface area (Å²) in [6.07, 6.45) is 1.53. The highest BCUT2D eigenvalue weighted by Gasteiger charge is 2.11. The molecule has 3 rings (SSSR count). The molecule has 2 aromatic heterocycles. The molecule has 7 heteroatoms. The number of hydrogen-bond donors (Lipinski definition) is 1. The molecule has 0 saturated heterocycles. The van der Waals surface area contributed by atoms with Crippen molar-refractivity contribution in [1.29, 1.82) is 0 Å². The van der Waals surface area contributed by atoms with Gasteiger partial charge < -0.3 is 9.73 Å². The average Bonchev–Trinajstić information content (AvgIpc) is 3.14. The van der Waals surface area contributed by atoms with Crippen LogP contribution >= 0.6 is 34.5 Å². The van der Waals surface area contributed by atoms with Gasteiger partial charge in [-0.1, -0.05) is 29.3 Å². The topological polar surface area (TPSA) is 55.1 Å². The van der Waals surface area contributed by atoms with Crippen LogP contribution in [0, 0.1) is 0 Å². The summed E-state index contributed by atoms with van der Waals surface area (Å²) in [5.41, 5.74) is 1.05. The summed E-state index contributed by atoms with van der Waals surface area (Å²) in [5, 5.41) is 5.53. The number of nitrogens with one attached hydrogen (secondary N) is 1. The third kappa shape index (κ3) is 3.50. The maximum absolute atomic E-state index is 12.1. The molecule has 0 aliphatic carbocycles. The number of carbonyl (C=O) groups excluding carboxylic acids is 1. The number of benzene rings is 1. The maximum atomic E-state index is 12.1. The minimum Gasteiger partial charge on any atom is -0.443 e. The summed E-state index contributed by atoms with van der Waals surface area (Å²) in [7, 11) is 0. The highest BCUT2D eigenvalue weighted by Crippen LogP contribution is 2.23. The van der Waals surface area contributed by atoms with Crippen LogP contribution in [0.2, 0.25) is 10.0 Å². The molecule has 0 unspecified atom stereocenters. The highest BCUT2D eigenvalue weighted by atomic mass is 35.5. The van der Waals surface area contributed by atoms with Crippen molar-refractivity contribution in [1.82, 2.24) is 10.3 Å².